The zero-order chi connectivity index (χ0) is 14.1. The van der Waals surface area contributed by atoms with Crippen LogP contribution < -0.4 is 5.32 Å². The first-order chi connectivity index (χ1) is 9.63. The molecule has 0 saturated carbocycles. The normalized spacial score (nSPS) is 10.7. The number of fused-ring (bicyclic) bond motifs is 1. The topological polar surface area (TPSA) is 54.9 Å². The maximum Gasteiger partial charge on any atom is 0.258 e. The average molecular weight is 304 g/mol. The van der Waals surface area contributed by atoms with Gasteiger partial charge in [-0.15, -0.1) is 11.3 Å². The van der Waals surface area contributed by atoms with Crippen molar-refractivity contribution >= 4 is 44.7 Å². The molecule has 0 aliphatic rings. The number of hydrogen-bond donors (Lipinski definition) is 1. The van der Waals surface area contributed by atoms with Crippen LogP contribution in [0, 0.1) is 6.92 Å². The van der Waals surface area contributed by atoms with E-state index in [4.69, 9.17) is 11.6 Å². The van der Waals surface area contributed by atoms with Crippen LogP contribution in [0.1, 0.15) is 15.4 Å². The molecule has 0 fully saturated rings. The van der Waals surface area contributed by atoms with Gasteiger partial charge in [0.25, 0.3) is 5.91 Å². The molecule has 0 unspecified atom stereocenters. The van der Waals surface area contributed by atoms with Gasteiger partial charge in [0.15, 0.2) is 0 Å². The summed E-state index contributed by atoms with van der Waals surface area (Å²) in [7, 11) is 0. The van der Waals surface area contributed by atoms with Crippen molar-refractivity contribution in [3.8, 4) is 0 Å². The molecule has 0 spiro atoms. The van der Waals surface area contributed by atoms with E-state index in [0.29, 0.717) is 11.3 Å². The fourth-order valence-corrected chi connectivity index (χ4v) is 2.94. The molecule has 1 amide bonds. The molecule has 2 aromatic heterocycles. The van der Waals surface area contributed by atoms with Crippen molar-refractivity contribution in [2.24, 2.45) is 0 Å². The zero-order valence-corrected chi connectivity index (χ0v) is 12.1. The lowest BCUT2D eigenvalue weighted by Gasteiger charge is -2.05. The van der Waals surface area contributed by atoms with Crippen LogP contribution in [0.4, 0.5) is 5.69 Å². The van der Waals surface area contributed by atoms with E-state index in [-0.39, 0.29) is 11.1 Å². The molecule has 20 heavy (non-hydrogen) atoms. The van der Waals surface area contributed by atoms with Crippen molar-refractivity contribution in [3.05, 3.63) is 52.3 Å². The van der Waals surface area contributed by atoms with Crippen LogP contribution in [0.5, 0.6) is 0 Å². The van der Waals surface area contributed by atoms with Crippen molar-refractivity contribution in [2.75, 3.05) is 5.32 Å². The maximum absolute atomic E-state index is 12.1. The van der Waals surface area contributed by atoms with Gasteiger partial charge >= 0.3 is 0 Å². The monoisotopic (exact) mass is 303 g/mol. The van der Waals surface area contributed by atoms with Gasteiger partial charge in [-0.2, -0.15) is 0 Å². The highest BCUT2D eigenvalue weighted by Gasteiger charge is 2.11. The van der Waals surface area contributed by atoms with Crippen LogP contribution in [0.25, 0.3) is 10.2 Å². The van der Waals surface area contributed by atoms with Crippen LogP contribution in [-0.4, -0.2) is 15.9 Å². The van der Waals surface area contributed by atoms with Gasteiger partial charge in [0.2, 0.25) is 0 Å². The van der Waals surface area contributed by atoms with Crippen molar-refractivity contribution in [1.29, 1.82) is 0 Å². The molecule has 3 aromatic rings. The predicted molar refractivity (Wildman–Crippen MR) is 81.6 cm³/mol. The summed E-state index contributed by atoms with van der Waals surface area (Å²) in [6.45, 7) is 1.96. The summed E-state index contributed by atoms with van der Waals surface area (Å²) in [5, 5.41) is 4.01. The van der Waals surface area contributed by atoms with Gasteiger partial charge in [0, 0.05) is 11.9 Å². The Hall–Kier alpha value is -1.98. The number of rotatable bonds is 2. The molecule has 0 aliphatic carbocycles. The number of pyridine rings is 1. The number of halogens is 1. The van der Waals surface area contributed by atoms with E-state index < -0.39 is 0 Å². The number of carbonyl (C=O) groups excluding carboxylic acids is 1. The van der Waals surface area contributed by atoms with Gasteiger partial charge in [-0.25, -0.2) is 9.97 Å². The molecule has 0 saturated heterocycles. The van der Waals surface area contributed by atoms with E-state index >= 15 is 0 Å². The Morgan fingerprint density at radius 2 is 2.20 bits per heavy atom. The summed E-state index contributed by atoms with van der Waals surface area (Å²) < 4.78 is 1.04. The van der Waals surface area contributed by atoms with Crippen LogP contribution in [-0.2, 0) is 0 Å². The standard InChI is InChI=1S/C14H10ClN3OS/c1-8-17-11-5-4-9(7-12(11)20-8)18-14(19)10-3-2-6-16-13(10)15/h2-7H,1H3,(H,18,19). The number of anilines is 1. The molecule has 6 heteroatoms. The van der Waals surface area contributed by atoms with Gasteiger partial charge in [-0.3, -0.25) is 4.79 Å². The quantitative estimate of drug-likeness (QED) is 0.730. The molecule has 0 radical (unpaired) electrons. The average Bonchev–Trinajstić information content (AvgIpc) is 2.78. The van der Waals surface area contributed by atoms with Crippen LogP contribution >= 0.6 is 22.9 Å². The highest BCUT2D eigenvalue weighted by atomic mass is 35.5. The van der Waals surface area contributed by atoms with Crippen molar-refractivity contribution in [2.45, 2.75) is 6.92 Å². The molecule has 2 heterocycles. The fourth-order valence-electron chi connectivity index (χ4n) is 1.87. The summed E-state index contributed by atoms with van der Waals surface area (Å²) in [5.41, 5.74) is 2.01. The number of nitrogens with one attached hydrogen (secondary N) is 1. The minimum atomic E-state index is -0.274. The lowest BCUT2D eigenvalue weighted by Crippen LogP contribution is -2.12. The van der Waals surface area contributed by atoms with E-state index in [2.05, 4.69) is 15.3 Å². The molecule has 3 rings (SSSR count). The SMILES string of the molecule is Cc1nc2ccc(NC(=O)c3cccnc3Cl)cc2s1. The number of carbonyl (C=O) groups is 1. The third kappa shape index (κ3) is 2.50. The lowest BCUT2D eigenvalue weighted by molar-refractivity contribution is 0.102. The number of hydrogen-bond acceptors (Lipinski definition) is 4. The minimum Gasteiger partial charge on any atom is -0.322 e. The highest BCUT2D eigenvalue weighted by molar-refractivity contribution is 7.18. The van der Waals surface area contributed by atoms with Gasteiger partial charge < -0.3 is 5.32 Å². The molecule has 100 valence electrons. The van der Waals surface area contributed by atoms with Crippen molar-refractivity contribution < 1.29 is 4.79 Å². The Kier molecular flexibility index (Phi) is 3.38. The summed E-state index contributed by atoms with van der Waals surface area (Å²) in [6, 6.07) is 8.93. The Morgan fingerprint density at radius 3 is 3.00 bits per heavy atom. The number of nitrogens with zero attached hydrogens (tertiary/aromatic N) is 2. The molecule has 0 aliphatic heterocycles. The highest BCUT2D eigenvalue weighted by Crippen LogP contribution is 2.25. The van der Waals surface area contributed by atoms with Gasteiger partial charge in [0.1, 0.15) is 5.15 Å². The molecule has 1 N–H and O–H groups in total. The molecular formula is C14H10ClN3OS. The second kappa shape index (κ2) is 5.19. The predicted octanol–water partition coefficient (Wildman–Crippen LogP) is 3.91. The first-order valence-corrected chi connectivity index (χ1v) is 7.12. The number of aryl methyl sites for hydroxylation is 1. The molecular weight excluding hydrogens is 294 g/mol. The first-order valence-electron chi connectivity index (χ1n) is 5.92. The Balaban J connectivity index is 1.89. The second-order valence-electron chi connectivity index (χ2n) is 4.21. The number of aromatic nitrogens is 2. The lowest BCUT2D eigenvalue weighted by atomic mass is 10.2. The molecule has 0 atom stereocenters. The number of thiazole rings is 1. The van der Waals surface area contributed by atoms with Crippen molar-refractivity contribution in [1.82, 2.24) is 9.97 Å². The number of benzene rings is 1. The first kappa shape index (κ1) is 13.0. The smallest absolute Gasteiger partial charge is 0.258 e. The van der Waals surface area contributed by atoms with Crippen molar-refractivity contribution in [3.63, 3.8) is 0 Å². The summed E-state index contributed by atoms with van der Waals surface area (Å²) in [5.74, 6) is -0.274. The van der Waals surface area contributed by atoms with Crippen LogP contribution in [0.3, 0.4) is 0 Å². The Bertz CT molecular complexity index is 800. The van der Waals surface area contributed by atoms with E-state index in [9.17, 15) is 4.79 Å². The summed E-state index contributed by atoms with van der Waals surface area (Å²) >= 11 is 7.50. The van der Waals surface area contributed by atoms with Gasteiger partial charge in [-0.1, -0.05) is 11.6 Å². The Labute approximate surface area is 124 Å². The number of amides is 1. The maximum atomic E-state index is 12.1. The van der Waals surface area contributed by atoms with Gasteiger partial charge in [0.05, 0.1) is 20.8 Å². The molecule has 0 bridgehead atoms. The summed E-state index contributed by atoms with van der Waals surface area (Å²) in [6.07, 6.45) is 1.55. The van der Waals surface area contributed by atoms with Crippen LogP contribution in [0.15, 0.2) is 36.5 Å². The summed E-state index contributed by atoms with van der Waals surface area (Å²) in [4.78, 5) is 20.4. The molecule has 4 nitrogen and oxygen atoms in total. The van der Waals surface area contributed by atoms with Crippen LogP contribution in [0.2, 0.25) is 5.15 Å². The minimum absolute atomic E-state index is 0.194. The molecule has 1 aromatic carbocycles. The fraction of sp³-hybridized carbons (Fsp3) is 0.0714. The van der Waals surface area contributed by atoms with E-state index in [1.165, 1.54) is 0 Å². The van der Waals surface area contributed by atoms with E-state index in [1.807, 2.05) is 25.1 Å². The third-order valence-electron chi connectivity index (χ3n) is 2.76. The second-order valence-corrected chi connectivity index (χ2v) is 5.80. The Morgan fingerprint density at radius 1 is 1.35 bits per heavy atom. The van der Waals surface area contributed by atoms with E-state index in [0.717, 1.165) is 15.2 Å². The van der Waals surface area contributed by atoms with Gasteiger partial charge in [-0.05, 0) is 37.3 Å². The van der Waals surface area contributed by atoms with E-state index in [1.54, 1.807) is 29.7 Å². The largest absolute Gasteiger partial charge is 0.322 e. The third-order valence-corrected chi connectivity index (χ3v) is 3.99. The zero-order valence-electron chi connectivity index (χ0n) is 10.6.